The Morgan fingerprint density at radius 1 is 0.667 bits per heavy atom. The van der Waals surface area contributed by atoms with Crippen LogP contribution in [0.2, 0.25) is 0 Å². The average Bonchev–Trinajstić information content (AvgIpc) is 2.56. The van der Waals surface area contributed by atoms with Gasteiger partial charge in [0.2, 0.25) is 0 Å². The Hall–Kier alpha value is -2.08. The molecule has 108 valence electrons. The second kappa shape index (κ2) is 7.08. The van der Waals surface area contributed by atoms with Crippen LogP contribution in [0.3, 0.4) is 0 Å². The van der Waals surface area contributed by atoms with Crippen molar-refractivity contribution >= 4 is 10.8 Å². The Morgan fingerprint density at radius 3 is 1.95 bits per heavy atom. The van der Waals surface area contributed by atoms with Gasteiger partial charge < -0.3 is 0 Å². The van der Waals surface area contributed by atoms with Crippen molar-refractivity contribution in [1.29, 1.82) is 0 Å². The number of benzene rings is 3. The van der Waals surface area contributed by atoms with Gasteiger partial charge in [0.05, 0.1) is 0 Å². The largest absolute Gasteiger partial charge is 0.0683 e. The van der Waals surface area contributed by atoms with E-state index in [1.54, 1.807) is 0 Å². The van der Waals surface area contributed by atoms with Gasteiger partial charge in [0, 0.05) is 0 Å². The highest BCUT2D eigenvalue weighted by atomic mass is 14.1. The Bertz CT molecular complexity index is 685. The molecule has 0 radical (unpaired) electrons. The van der Waals surface area contributed by atoms with Crippen LogP contribution in [-0.4, -0.2) is 0 Å². The van der Waals surface area contributed by atoms with Gasteiger partial charge in [0.25, 0.3) is 0 Å². The van der Waals surface area contributed by atoms with Crippen molar-refractivity contribution < 1.29 is 0 Å². The molecule has 0 amide bonds. The summed E-state index contributed by atoms with van der Waals surface area (Å²) < 4.78 is 0. The minimum Gasteiger partial charge on any atom is -0.0683 e. The maximum Gasteiger partial charge on any atom is -0.0105 e. The normalized spacial score (nSPS) is 10.3. The third kappa shape index (κ3) is 3.33. The first-order valence-corrected chi connectivity index (χ1v) is 7.84. The average molecular weight is 276 g/mol. The van der Waals surface area contributed by atoms with Gasteiger partial charge in [0.15, 0.2) is 0 Å². The van der Waals surface area contributed by atoms with Crippen LogP contribution in [0.1, 0.15) is 39.2 Å². The van der Waals surface area contributed by atoms with Crippen LogP contribution in [0, 0.1) is 0 Å². The highest BCUT2D eigenvalue weighted by molar-refractivity contribution is 5.96. The van der Waals surface area contributed by atoms with Crippen molar-refractivity contribution in [3.63, 3.8) is 0 Å². The lowest BCUT2D eigenvalue weighted by Gasteiger charge is -2.09. The van der Waals surface area contributed by atoms with Crippen molar-refractivity contribution in [2.75, 3.05) is 0 Å². The minimum atomic E-state index is 0.585. The third-order valence-corrected chi connectivity index (χ3v) is 3.68. The Labute approximate surface area is 128 Å². The van der Waals surface area contributed by atoms with Crippen molar-refractivity contribution in [3.8, 4) is 11.1 Å². The Kier molecular flexibility index (Phi) is 5.16. The number of hydrogen-bond donors (Lipinski definition) is 0. The molecule has 0 saturated carbocycles. The van der Waals surface area contributed by atoms with Gasteiger partial charge in [0.1, 0.15) is 0 Å². The van der Waals surface area contributed by atoms with E-state index in [2.05, 4.69) is 80.6 Å². The molecule has 21 heavy (non-hydrogen) atoms. The van der Waals surface area contributed by atoms with Crippen molar-refractivity contribution in [1.82, 2.24) is 0 Å². The molecule has 0 heteroatoms. The zero-order chi connectivity index (χ0) is 15.2. The van der Waals surface area contributed by atoms with E-state index in [4.69, 9.17) is 0 Å². The highest BCUT2D eigenvalue weighted by Gasteiger charge is 2.04. The lowest BCUT2D eigenvalue weighted by Crippen LogP contribution is -1.87. The summed E-state index contributed by atoms with van der Waals surface area (Å²) >= 11 is 0. The summed E-state index contributed by atoms with van der Waals surface area (Å²) in [5.74, 6) is 0.585. The molecule has 0 spiro atoms. The van der Waals surface area contributed by atoms with Crippen LogP contribution in [0.25, 0.3) is 21.9 Å². The maximum absolute atomic E-state index is 2.24. The SMILES string of the molecule is CC.CC(C)c1ccc(-c2cccc3ccccc23)cc1. The fourth-order valence-corrected chi connectivity index (χ4v) is 2.52. The van der Waals surface area contributed by atoms with Gasteiger partial charge in [-0.25, -0.2) is 0 Å². The molecule has 0 aliphatic heterocycles. The number of hydrogen-bond acceptors (Lipinski definition) is 0. The van der Waals surface area contributed by atoms with Gasteiger partial charge in [-0.3, -0.25) is 0 Å². The lowest BCUT2D eigenvalue weighted by atomic mass is 9.95. The molecule has 0 atom stereocenters. The van der Waals surface area contributed by atoms with E-state index in [9.17, 15) is 0 Å². The summed E-state index contributed by atoms with van der Waals surface area (Å²) in [4.78, 5) is 0. The topological polar surface area (TPSA) is 0 Å². The third-order valence-electron chi connectivity index (χ3n) is 3.68. The smallest absolute Gasteiger partial charge is 0.0105 e. The van der Waals surface area contributed by atoms with Crippen molar-refractivity contribution in [2.24, 2.45) is 0 Å². The number of fused-ring (bicyclic) bond motifs is 1. The molecule has 0 aliphatic rings. The summed E-state index contributed by atoms with van der Waals surface area (Å²) in [6.45, 7) is 8.46. The van der Waals surface area contributed by atoms with Crippen molar-refractivity contribution in [3.05, 3.63) is 72.3 Å². The molecule has 0 saturated heterocycles. The van der Waals surface area contributed by atoms with Gasteiger partial charge in [-0.2, -0.15) is 0 Å². The highest BCUT2D eigenvalue weighted by Crippen LogP contribution is 2.29. The predicted octanol–water partition coefficient (Wildman–Crippen LogP) is 6.66. The van der Waals surface area contributed by atoms with E-state index in [1.807, 2.05) is 13.8 Å². The zero-order valence-corrected chi connectivity index (χ0v) is 13.4. The molecule has 0 fully saturated rings. The number of rotatable bonds is 2. The molecule has 3 aromatic carbocycles. The van der Waals surface area contributed by atoms with Gasteiger partial charge in [-0.1, -0.05) is 94.4 Å². The fourth-order valence-electron chi connectivity index (χ4n) is 2.52. The summed E-state index contributed by atoms with van der Waals surface area (Å²) in [5, 5.41) is 2.62. The first-order chi connectivity index (χ1) is 10.3. The van der Waals surface area contributed by atoms with Crippen LogP contribution in [-0.2, 0) is 0 Å². The Balaban J connectivity index is 0.000000774. The van der Waals surface area contributed by atoms with Crippen LogP contribution in [0.15, 0.2) is 66.7 Å². The van der Waals surface area contributed by atoms with E-state index in [0.717, 1.165) is 0 Å². The molecule has 0 unspecified atom stereocenters. The molecular weight excluding hydrogens is 252 g/mol. The standard InChI is InChI=1S/C19H18.C2H6/c1-14(2)15-10-12-17(13-11-15)19-9-5-7-16-6-3-4-8-18(16)19;1-2/h3-14H,1-2H3;1-2H3. The molecule has 0 heterocycles. The van der Waals surface area contributed by atoms with Crippen LogP contribution >= 0.6 is 0 Å². The van der Waals surface area contributed by atoms with Gasteiger partial charge >= 0.3 is 0 Å². The van der Waals surface area contributed by atoms with Crippen molar-refractivity contribution in [2.45, 2.75) is 33.6 Å². The van der Waals surface area contributed by atoms with E-state index in [-0.39, 0.29) is 0 Å². The molecule has 0 nitrogen and oxygen atoms in total. The van der Waals surface area contributed by atoms with Crippen LogP contribution < -0.4 is 0 Å². The molecule has 0 N–H and O–H groups in total. The second-order valence-corrected chi connectivity index (χ2v) is 5.30. The maximum atomic E-state index is 2.24. The first kappa shape index (κ1) is 15.3. The van der Waals surface area contributed by atoms with E-state index < -0.39 is 0 Å². The monoisotopic (exact) mass is 276 g/mol. The Morgan fingerprint density at radius 2 is 1.29 bits per heavy atom. The molecule has 0 aromatic heterocycles. The second-order valence-electron chi connectivity index (χ2n) is 5.30. The molecule has 3 aromatic rings. The summed E-state index contributed by atoms with van der Waals surface area (Å²) in [7, 11) is 0. The fraction of sp³-hybridized carbons (Fsp3) is 0.238. The first-order valence-electron chi connectivity index (χ1n) is 7.84. The summed E-state index contributed by atoms with van der Waals surface area (Å²) in [6, 6.07) is 24.0. The quantitative estimate of drug-likeness (QED) is 0.491. The van der Waals surface area contributed by atoms with E-state index in [1.165, 1.54) is 27.5 Å². The summed E-state index contributed by atoms with van der Waals surface area (Å²) in [5.41, 5.74) is 4.00. The summed E-state index contributed by atoms with van der Waals surface area (Å²) in [6.07, 6.45) is 0. The molecule has 0 aliphatic carbocycles. The van der Waals surface area contributed by atoms with Crippen LogP contribution in [0.4, 0.5) is 0 Å². The molecule has 0 bridgehead atoms. The predicted molar refractivity (Wildman–Crippen MR) is 94.8 cm³/mol. The van der Waals surface area contributed by atoms with E-state index >= 15 is 0 Å². The molecular formula is C21H24. The van der Waals surface area contributed by atoms with E-state index in [0.29, 0.717) is 5.92 Å². The minimum absolute atomic E-state index is 0.585. The lowest BCUT2D eigenvalue weighted by molar-refractivity contribution is 0.867. The molecule has 3 rings (SSSR count). The van der Waals surface area contributed by atoms with Crippen LogP contribution in [0.5, 0.6) is 0 Å². The van der Waals surface area contributed by atoms with Gasteiger partial charge in [-0.05, 0) is 33.4 Å². The van der Waals surface area contributed by atoms with Gasteiger partial charge in [-0.15, -0.1) is 0 Å². The zero-order valence-electron chi connectivity index (χ0n) is 13.4.